The predicted octanol–water partition coefficient (Wildman–Crippen LogP) is 3.90. The summed E-state index contributed by atoms with van der Waals surface area (Å²) in [5, 5.41) is 5.17. The van der Waals surface area contributed by atoms with E-state index in [1.807, 2.05) is 30.7 Å². The van der Waals surface area contributed by atoms with Crippen LogP contribution in [0.3, 0.4) is 0 Å². The molecular weight excluding hydrogens is 266 g/mol. The fourth-order valence-corrected chi connectivity index (χ4v) is 3.02. The lowest BCUT2D eigenvalue weighted by Gasteiger charge is -2.28. The number of rotatable bonds is 6. The quantitative estimate of drug-likeness (QED) is 0.800. The summed E-state index contributed by atoms with van der Waals surface area (Å²) < 4.78 is 5.48. The third kappa shape index (κ3) is 3.75. The Morgan fingerprint density at radius 2 is 2.22 bits per heavy atom. The van der Waals surface area contributed by atoms with Gasteiger partial charge < -0.3 is 10.1 Å². The summed E-state index contributed by atoms with van der Waals surface area (Å²) in [4.78, 5) is 0. The first-order chi connectivity index (χ1) is 8.73. The van der Waals surface area contributed by atoms with Gasteiger partial charge in [0.25, 0.3) is 0 Å². The van der Waals surface area contributed by atoms with Gasteiger partial charge in [0.2, 0.25) is 0 Å². The van der Waals surface area contributed by atoms with Gasteiger partial charge in [0.05, 0.1) is 6.10 Å². The molecule has 1 N–H and O–H groups in total. The van der Waals surface area contributed by atoms with Crippen LogP contribution in [-0.2, 0) is 4.74 Å². The zero-order chi connectivity index (χ0) is 12.8. The van der Waals surface area contributed by atoms with E-state index in [2.05, 4.69) is 23.5 Å². The number of hydrogen-bond acceptors (Lipinski definition) is 3. The van der Waals surface area contributed by atoms with Crippen molar-refractivity contribution in [3.8, 4) is 0 Å². The first-order valence-corrected chi connectivity index (χ1v) is 7.38. The van der Waals surface area contributed by atoms with Crippen molar-refractivity contribution in [2.45, 2.75) is 23.3 Å². The molecule has 0 amide bonds. The van der Waals surface area contributed by atoms with Gasteiger partial charge in [-0.25, -0.2) is 0 Å². The average Bonchev–Trinajstić information content (AvgIpc) is 2.82. The van der Waals surface area contributed by atoms with E-state index in [1.54, 1.807) is 11.8 Å². The molecule has 0 bridgehead atoms. The molecule has 0 fully saturated rings. The fourth-order valence-electron chi connectivity index (χ4n) is 1.91. The molecule has 2 unspecified atom stereocenters. The molecule has 1 aromatic rings. The van der Waals surface area contributed by atoms with Gasteiger partial charge >= 0.3 is 0 Å². The van der Waals surface area contributed by atoms with Crippen molar-refractivity contribution in [1.82, 2.24) is 5.32 Å². The van der Waals surface area contributed by atoms with Crippen LogP contribution in [-0.4, -0.2) is 18.0 Å². The molecule has 2 nitrogen and oxygen atoms in total. The third-order valence-electron chi connectivity index (χ3n) is 2.85. The van der Waals surface area contributed by atoms with E-state index in [0.717, 1.165) is 19.4 Å². The lowest BCUT2D eigenvalue weighted by atomic mass is 10.1. The van der Waals surface area contributed by atoms with Crippen molar-refractivity contribution in [1.29, 1.82) is 0 Å². The van der Waals surface area contributed by atoms with Crippen LogP contribution >= 0.6 is 23.4 Å². The molecular formula is C14H18ClNOS. The van der Waals surface area contributed by atoms with E-state index in [0.29, 0.717) is 0 Å². The second kappa shape index (κ2) is 6.62. The number of halogens is 1. The monoisotopic (exact) mass is 283 g/mol. The summed E-state index contributed by atoms with van der Waals surface area (Å²) in [7, 11) is 1.95. The summed E-state index contributed by atoms with van der Waals surface area (Å²) in [6.07, 6.45) is 3.75. The molecule has 98 valence electrons. The number of nitrogens with one attached hydrogen (secondary N) is 1. The minimum Gasteiger partial charge on any atom is -0.342 e. The van der Waals surface area contributed by atoms with E-state index in [4.69, 9.17) is 16.3 Å². The van der Waals surface area contributed by atoms with Gasteiger partial charge in [-0.1, -0.05) is 59.8 Å². The van der Waals surface area contributed by atoms with Crippen LogP contribution in [0.25, 0.3) is 0 Å². The summed E-state index contributed by atoms with van der Waals surface area (Å²) in [6, 6.07) is 10.3. The molecule has 1 aliphatic heterocycles. The maximum atomic E-state index is 6.45. The Hall–Kier alpha value is -0.480. The van der Waals surface area contributed by atoms with E-state index in [-0.39, 0.29) is 6.10 Å². The Bertz CT molecular complexity index is 388. The Morgan fingerprint density at radius 1 is 1.44 bits per heavy atom. The highest BCUT2D eigenvalue weighted by molar-refractivity contribution is 8.04. The predicted molar refractivity (Wildman–Crippen MR) is 78.7 cm³/mol. The minimum absolute atomic E-state index is 0.0311. The SMILES string of the molecule is CNCCC(OC1(Cl)CC=CS1)c1ccccc1. The molecule has 0 saturated heterocycles. The molecule has 2 rings (SSSR count). The van der Waals surface area contributed by atoms with Crippen LogP contribution in [0.2, 0.25) is 0 Å². The summed E-state index contributed by atoms with van der Waals surface area (Å²) in [6.45, 7) is 0.907. The number of alkyl halides is 1. The molecule has 0 spiro atoms. The molecule has 0 aromatic heterocycles. The number of hydrogen-bond donors (Lipinski definition) is 1. The van der Waals surface area contributed by atoms with Crippen LogP contribution in [0.5, 0.6) is 0 Å². The van der Waals surface area contributed by atoms with Crippen LogP contribution in [0.15, 0.2) is 41.8 Å². The maximum Gasteiger partial charge on any atom is 0.196 e. The highest BCUT2D eigenvalue weighted by Crippen LogP contribution is 2.45. The molecule has 0 aliphatic carbocycles. The van der Waals surface area contributed by atoms with Crippen LogP contribution < -0.4 is 5.32 Å². The van der Waals surface area contributed by atoms with Crippen LogP contribution in [0.1, 0.15) is 24.5 Å². The zero-order valence-electron chi connectivity index (χ0n) is 10.4. The van der Waals surface area contributed by atoms with Crippen molar-refractivity contribution in [3.05, 3.63) is 47.4 Å². The van der Waals surface area contributed by atoms with Gasteiger partial charge in [-0.15, -0.1) is 0 Å². The van der Waals surface area contributed by atoms with Gasteiger partial charge in [-0.2, -0.15) is 0 Å². The highest BCUT2D eigenvalue weighted by Gasteiger charge is 2.33. The first-order valence-electron chi connectivity index (χ1n) is 6.12. The van der Waals surface area contributed by atoms with Gasteiger partial charge in [-0.3, -0.25) is 0 Å². The Morgan fingerprint density at radius 3 is 2.83 bits per heavy atom. The van der Waals surface area contributed by atoms with Crippen molar-refractivity contribution in [2.75, 3.05) is 13.6 Å². The van der Waals surface area contributed by atoms with Crippen molar-refractivity contribution < 1.29 is 4.74 Å². The van der Waals surface area contributed by atoms with E-state index < -0.39 is 4.39 Å². The largest absolute Gasteiger partial charge is 0.342 e. The van der Waals surface area contributed by atoms with Crippen LogP contribution in [0.4, 0.5) is 0 Å². The lowest BCUT2D eigenvalue weighted by Crippen LogP contribution is -2.23. The minimum atomic E-state index is -0.631. The van der Waals surface area contributed by atoms with Crippen LogP contribution in [0, 0.1) is 0 Å². The molecule has 4 heteroatoms. The fraction of sp³-hybridized carbons (Fsp3) is 0.429. The Kier molecular flexibility index (Phi) is 5.13. The van der Waals surface area contributed by atoms with E-state index in [9.17, 15) is 0 Å². The number of ether oxygens (including phenoxy) is 1. The number of thioether (sulfide) groups is 1. The standard InChI is InChI=1S/C14H18ClNOS/c1-16-10-8-13(12-6-3-2-4-7-12)17-14(15)9-5-11-18-14/h2-7,11,13,16H,8-10H2,1H3. The second-order valence-corrected chi connectivity index (χ2v) is 6.27. The normalized spacial score (nSPS) is 24.3. The third-order valence-corrected chi connectivity index (χ3v) is 4.30. The molecule has 1 heterocycles. The average molecular weight is 284 g/mol. The maximum absolute atomic E-state index is 6.45. The second-order valence-electron chi connectivity index (χ2n) is 4.26. The lowest BCUT2D eigenvalue weighted by molar-refractivity contribution is 0.00884. The van der Waals surface area contributed by atoms with E-state index in [1.165, 1.54) is 5.56 Å². The molecule has 1 aromatic carbocycles. The molecule has 18 heavy (non-hydrogen) atoms. The summed E-state index contributed by atoms with van der Waals surface area (Å²) >= 11 is 8.00. The van der Waals surface area contributed by atoms with Gasteiger partial charge in [-0.05, 0) is 31.0 Å². The topological polar surface area (TPSA) is 21.3 Å². The van der Waals surface area contributed by atoms with Gasteiger partial charge in [0, 0.05) is 6.42 Å². The van der Waals surface area contributed by atoms with Crippen molar-refractivity contribution >= 4 is 23.4 Å². The molecule has 1 aliphatic rings. The van der Waals surface area contributed by atoms with Gasteiger partial charge in [0.15, 0.2) is 4.39 Å². The van der Waals surface area contributed by atoms with Gasteiger partial charge in [0.1, 0.15) is 0 Å². The molecule has 0 saturated carbocycles. The molecule has 2 atom stereocenters. The number of benzene rings is 1. The Balaban J connectivity index is 2.05. The summed E-state index contributed by atoms with van der Waals surface area (Å²) in [5.41, 5.74) is 1.18. The zero-order valence-corrected chi connectivity index (χ0v) is 12.0. The van der Waals surface area contributed by atoms with Crippen molar-refractivity contribution in [3.63, 3.8) is 0 Å². The first kappa shape index (κ1) is 13.9. The Labute approximate surface area is 118 Å². The highest BCUT2D eigenvalue weighted by atomic mass is 35.5. The molecule has 0 radical (unpaired) electrons. The van der Waals surface area contributed by atoms with Crippen molar-refractivity contribution in [2.24, 2.45) is 0 Å². The smallest absolute Gasteiger partial charge is 0.196 e. The summed E-state index contributed by atoms with van der Waals surface area (Å²) in [5.74, 6) is 0. The van der Waals surface area contributed by atoms with E-state index >= 15 is 0 Å².